The SMILES string of the molecule is COc1ccc(SCC2COCCN2)cc1. The lowest BCUT2D eigenvalue weighted by atomic mass is 10.3. The molecule has 0 bridgehead atoms. The van der Waals surface area contributed by atoms with Crippen LogP contribution in [0.4, 0.5) is 0 Å². The quantitative estimate of drug-likeness (QED) is 0.811. The van der Waals surface area contributed by atoms with Crippen LogP contribution in [0.5, 0.6) is 5.75 Å². The van der Waals surface area contributed by atoms with Crippen LogP contribution >= 0.6 is 11.8 Å². The molecule has 1 aromatic rings. The van der Waals surface area contributed by atoms with Crippen LogP contribution in [-0.2, 0) is 4.74 Å². The lowest BCUT2D eigenvalue weighted by Gasteiger charge is -2.23. The van der Waals surface area contributed by atoms with Crippen molar-refractivity contribution >= 4 is 11.8 Å². The smallest absolute Gasteiger partial charge is 0.118 e. The first-order valence-electron chi connectivity index (χ1n) is 5.46. The van der Waals surface area contributed by atoms with Crippen LogP contribution in [0.1, 0.15) is 0 Å². The van der Waals surface area contributed by atoms with Crippen molar-refractivity contribution in [1.82, 2.24) is 5.32 Å². The zero-order valence-electron chi connectivity index (χ0n) is 9.44. The average molecular weight is 239 g/mol. The van der Waals surface area contributed by atoms with E-state index in [2.05, 4.69) is 17.4 Å². The summed E-state index contributed by atoms with van der Waals surface area (Å²) in [5.41, 5.74) is 0. The predicted octanol–water partition coefficient (Wildman–Crippen LogP) is 1.78. The Morgan fingerprint density at radius 2 is 2.25 bits per heavy atom. The lowest BCUT2D eigenvalue weighted by molar-refractivity contribution is 0.0837. The Balaban J connectivity index is 1.79. The maximum Gasteiger partial charge on any atom is 0.118 e. The molecule has 0 saturated carbocycles. The van der Waals surface area contributed by atoms with E-state index in [0.717, 1.165) is 31.3 Å². The third kappa shape index (κ3) is 3.40. The van der Waals surface area contributed by atoms with Gasteiger partial charge in [0.1, 0.15) is 5.75 Å². The van der Waals surface area contributed by atoms with Crippen molar-refractivity contribution in [3.63, 3.8) is 0 Å². The number of thioether (sulfide) groups is 1. The molecule has 1 heterocycles. The van der Waals surface area contributed by atoms with E-state index in [0.29, 0.717) is 6.04 Å². The minimum absolute atomic E-state index is 0.473. The molecule has 1 atom stereocenters. The van der Waals surface area contributed by atoms with E-state index in [1.165, 1.54) is 4.90 Å². The van der Waals surface area contributed by atoms with Crippen molar-refractivity contribution in [3.8, 4) is 5.75 Å². The van der Waals surface area contributed by atoms with E-state index in [4.69, 9.17) is 9.47 Å². The van der Waals surface area contributed by atoms with Crippen LogP contribution in [-0.4, -0.2) is 38.7 Å². The fraction of sp³-hybridized carbons (Fsp3) is 0.500. The molecule has 88 valence electrons. The Morgan fingerprint density at radius 1 is 1.44 bits per heavy atom. The van der Waals surface area contributed by atoms with Crippen molar-refractivity contribution in [2.75, 3.05) is 32.6 Å². The molecule has 0 spiro atoms. The standard InChI is InChI=1S/C12H17NO2S/c1-14-11-2-4-12(5-3-11)16-9-10-8-15-7-6-13-10/h2-5,10,13H,6-9H2,1H3. The number of hydrogen-bond donors (Lipinski definition) is 1. The molecule has 1 aliphatic heterocycles. The summed E-state index contributed by atoms with van der Waals surface area (Å²) in [5.74, 6) is 1.95. The Labute approximate surface area is 101 Å². The van der Waals surface area contributed by atoms with Crippen LogP contribution in [0.15, 0.2) is 29.2 Å². The fourth-order valence-electron chi connectivity index (χ4n) is 1.60. The van der Waals surface area contributed by atoms with Crippen LogP contribution in [0, 0.1) is 0 Å². The van der Waals surface area contributed by atoms with Gasteiger partial charge in [-0.2, -0.15) is 0 Å². The molecule has 1 N–H and O–H groups in total. The molecule has 1 fully saturated rings. The molecule has 0 amide bonds. The van der Waals surface area contributed by atoms with Gasteiger partial charge < -0.3 is 14.8 Å². The summed E-state index contributed by atoms with van der Waals surface area (Å²) in [4.78, 5) is 1.27. The monoisotopic (exact) mass is 239 g/mol. The summed E-state index contributed by atoms with van der Waals surface area (Å²) in [7, 11) is 1.69. The number of nitrogens with one attached hydrogen (secondary N) is 1. The highest BCUT2D eigenvalue weighted by atomic mass is 32.2. The van der Waals surface area contributed by atoms with Gasteiger partial charge in [-0.3, -0.25) is 0 Å². The average Bonchev–Trinajstić information content (AvgIpc) is 2.38. The summed E-state index contributed by atoms with van der Waals surface area (Å²) in [6.07, 6.45) is 0. The summed E-state index contributed by atoms with van der Waals surface area (Å²) in [6.45, 7) is 2.63. The molecule has 2 rings (SSSR count). The molecule has 1 aromatic carbocycles. The molecule has 1 unspecified atom stereocenters. The first-order chi connectivity index (χ1) is 7.88. The number of rotatable bonds is 4. The van der Waals surface area contributed by atoms with E-state index in [9.17, 15) is 0 Å². The summed E-state index contributed by atoms with van der Waals surface area (Å²) >= 11 is 1.85. The van der Waals surface area contributed by atoms with Gasteiger partial charge in [0.2, 0.25) is 0 Å². The lowest BCUT2D eigenvalue weighted by Crippen LogP contribution is -2.42. The first-order valence-corrected chi connectivity index (χ1v) is 6.45. The Morgan fingerprint density at radius 3 is 2.88 bits per heavy atom. The van der Waals surface area contributed by atoms with Gasteiger partial charge in [-0.15, -0.1) is 11.8 Å². The zero-order chi connectivity index (χ0) is 11.2. The molecule has 1 aliphatic rings. The minimum atomic E-state index is 0.473. The highest BCUT2D eigenvalue weighted by Crippen LogP contribution is 2.22. The second-order valence-corrected chi connectivity index (χ2v) is 4.81. The third-order valence-corrected chi connectivity index (χ3v) is 3.68. The van der Waals surface area contributed by atoms with Crippen molar-refractivity contribution in [3.05, 3.63) is 24.3 Å². The van der Waals surface area contributed by atoms with Crippen LogP contribution in [0.25, 0.3) is 0 Å². The maximum absolute atomic E-state index is 5.41. The van der Waals surface area contributed by atoms with E-state index in [1.807, 2.05) is 23.9 Å². The van der Waals surface area contributed by atoms with Gasteiger partial charge in [0.15, 0.2) is 0 Å². The van der Waals surface area contributed by atoms with Gasteiger partial charge in [0.25, 0.3) is 0 Å². The molecule has 4 heteroatoms. The highest BCUT2D eigenvalue weighted by molar-refractivity contribution is 7.99. The van der Waals surface area contributed by atoms with E-state index in [1.54, 1.807) is 7.11 Å². The van der Waals surface area contributed by atoms with Gasteiger partial charge in [-0.25, -0.2) is 0 Å². The van der Waals surface area contributed by atoms with E-state index >= 15 is 0 Å². The molecule has 0 radical (unpaired) electrons. The molecule has 16 heavy (non-hydrogen) atoms. The van der Waals surface area contributed by atoms with Crippen molar-refractivity contribution in [2.45, 2.75) is 10.9 Å². The Kier molecular flexibility index (Phi) is 4.51. The number of ether oxygens (including phenoxy) is 2. The number of morpholine rings is 1. The van der Waals surface area contributed by atoms with Gasteiger partial charge in [0, 0.05) is 23.2 Å². The molecule has 0 aromatic heterocycles. The van der Waals surface area contributed by atoms with E-state index < -0.39 is 0 Å². The van der Waals surface area contributed by atoms with Crippen molar-refractivity contribution in [1.29, 1.82) is 0 Å². The maximum atomic E-state index is 5.41. The topological polar surface area (TPSA) is 30.5 Å². The van der Waals surface area contributed by atoms with Crippen LogP contribution in [0.3, 0.4) is 0 Å². The second-order valence-electron chi connectivity index (χ2n) is 3.71. The largest absolute Gasteiger partial charge is 0.497 e. The molecular weight excluding hydrogens is 222 g/mol. The van der Waals surface area contributed by atoms with Gasteiger partial charge in [0.05, 0.1) is 20.3 Å². The first kappa shape index (κ1) is 11.8. The Bertz CT molecular complexity index is 309. The normalized spacial score (nSPS) is 20.7. The number of benzene rings is 1. The molecule has 1 saturated heterocycles. The number of hydrogen-bond acceptors (Lipinski definition) is 4. The fourth-order valence-corrected chi connectivity index (χ4v) is 2.53. The highest BCUT2D eigenvalue weighted by Gasteiger charge is 2.12. The summed E-state index contributed by atoms with van der Waals surface area (Å²) in [6, 6.07) is 8.64. The Hall–Kier alpha value is -0.710. The van der Waals surface area contributed by atoms with Crippen LogP contribution in [0.2, 0.25) is 0 Å². The minimum Gasteiger partial charge on any atom is -0.497 e. The summed E-state index contributed by atoms with van der Waals surface area (Å²) in [5, 5.41) is 3.44. The van der Waals surface area contributed by atoms with Gasteiger partial charge in [-0.05, 0) is 24.3 Å². The number of methoxy groups -OCH3 is 1. The zero-order valence-corrected chi connectivity index (χ0v) is 10.3. The van der Waals surface area contributed by atoms with E-state index in [-0.39, 0.29) is 0 Å². The molecular formula is C12H17NO2S. The molecule has 0 aliphatic carbocycles. The van der Waals surface area contributed by atoms with Crippen molar-refractivity contribution < 1.29 is 9.47 Å². The van der Waals surface area contributed by atoms with Gasteiger partial charge >= 0.3 is 0 Å². The predicted molar refractivity (Wildman–Crippen MR) is 66.3 cm³/mol. The van der Waals surface area contributed by atoms with Crippen LogP contribution < -0.4 is 10.1 Å². The van der Waals surface area contributed by atoms with Crippen molar-refractivity contribution in [2.24, 2.45) is 0 Å². The molecule has 3 nitrogen and oxygen atoms in total. The summed E-state index contributed by atoms with van der Waals surface area (Å²) < 4.78 is 10.5. The third-order valence-electron chi connectivity index (χ3n) is 2.51. The van der Waals surface area contributed by atoms with Gasteiger partial charge in [-0.1, -0.05) is 0 Å². The second kappa shape index (κ2) is 6.13.